The number of nitrogens with two attached hydrogens (primary N) is 1. The van der Waals surface area contributed by atoms with E-state index in [2.05, 4.69) is 4.98 Å². The quantitative estimate of drug-likeness (QED) is 0.929. The number of carbonyl (C=O) groups excluding carboxylic acids is 1. The number of pyridine rings is 1. The smallest absolute Gasteiger partial charge is 0.227 e. The van der Waals surface area contributed by atoms with Crippen molar-refractivity contribution < 1.29 is 4.79 Å². The van der Waals surface area contributed by atoms with Crippen LogP contribution in [-0.4, -0.2) is 28.9 Å². The molecular formula is C13H21Cl2N3O. The molecule has 1 heterocycles. The second kappa shape index (κ2) is 8.35. The number of rotatable bonds is 3. The van der Waals surface area contributed by atoms with Crippen LogP contribution in [0, 0.1) is 5.92 Å². The molecule has 1 aliphatic carbocycles. The Kier molecular flexibility index (Phi) is 7.99. The van der Waals surface area contributed by atoms with Gasteiger partial charge in [-0.15, -0.1) is 24.8 Å². The number of amides is 1. The van der Waals surface area contributed by atoms with E-state index in [1.54, 1.807) is 17.3 Å². The molecule has 1 saturated carbocycles. The third-order valence-electron chi connectivity index (χ3n) is 3.41. The Morgan fingerprint density at radius 2 is 2.21 bits per heavy atom. The fraction of sp³-hybridized carbons (Fsp3) is 0.538. The summed E-state index contributed by atoms with van der Waals surface area (Å²) in [5.74, 6) is 0.176. The maximum absolute atomic E-state index is 12.2. The molecule has 0 aliphatic heterocycles. The highest BCUT2D eigenvalue weighted by Crippen LogP contribution is 2.25. The minimum atomic E-state index is 0. The number of aromatic nitrogens is 1. The molecule has 0 saturated heterocycles. The van der Waals surface area contributed by atoms with Crippen LogP contribution in [0.3, 0.4) is 0 Å². The van der Waals surface area contributed by atoms with Crippen LogP contribution < -0.4 is 5.73 Å². The van der Waals surface area contributed by atoms with Gasteiger partial charge in [-0.25, -0.2) is 0 Å². The highest BCUT2D eigenvalue weighted by atomic mass is 35.5. The minimum Gasteiger partial charge on any atom is -0.341 e. The number of nitrogens with zero attached hydrogens (tertiary/aromatic N) is 2. The largest absolute Gasteiger partial charge is 0.341 e. The molecule has 2 N–H and O–H groups in total. The lowest BCUT2D eigenvalue weighted by Crippen LogP contribution is -2.39. The van der Waals surface area contributed by atoms with Crippen molar-refractivity contribution in [3.63, 3.8) is 0 Å². The van der Waals surface area contributed by atoms with E-state index in [9.17, 15) is 4.79 Å². The molecule has 2 unspecified atom stereocenters. The lowest BCUT2D eigenvalue weighted by atomic mass is 10.0. The van der Waals surface area contributed by atoms with Gasteiger partial charge < -0.3 is 10.6 Å². The Labute approximate surface area is 126 Å². The Morgan fingerprint density at radius 1 is 1.47 bits per heavy atom. The topological polar surface area (TPSA) is 59.2 Å². The normalized spacial score (nSPS) is 21.2. The molecule has 108 valence electrons. The molecule has 1 aliphatic rings. The van der Waals surface area contributed by atoms with E-state index in [1.165, 1.54) is 0 Å². The zero-order valence-electron chi connectivity index (χ0n) is 11.0. The minimum absolute atomic E-state index is 0. The summed E-state index contributed by atoms with van der Waals surface area (Å²) in [6.45, 7) is 0.607. The Morgan fingerprint density at radius 3 is 2.74 bits per heavy atom. The van der Waals surface area contributed by atoms with Gasteiger partial charge in [0.15, 0.2) is 0 Å². The summed E-state index contributed by atoms with van der Waals surface area (Å²) in [6, 6.07) is 3.90. The lowest BCUT2D eigenvalue weighted by Gasteiger charge is -2.23. The first-order valence-corrected chi connectivity index (χ1v) is 6.08. The molecule has 2 rings (SSSR count). The van der Waals surface area contributed by atoms with E-state index >= 15 is 0 Å². The van der Waals surface area contributed by atoms with E-state index < -0.39 is 0 Å². The van der Waals surface area contributed by atoms with Crippen LogP contribution in [0.4, 0.5) is 0 Å². The Balaban J connectivity index is 0.00000162. The molecule has 2 atom stereocenters. The first-order chi connectivity index (χ1) is 8.18. The Hall–Kier alpha value is -0.840. The number of halogens is 2. The highest BCUT2D eigenvalue weighted by Gasteiger charge is 2.32. The van der Waals surface area contributed by atoms with Gasteiger partial charge in [0.05, 0.1) is 5.92 Å². The van der Waals surface area contributed by atoms with E-state index in [0.29, 0.717) is 6.54 Å². The van der Waals surface area contributed by atoms with Crippen molar-refractivity contribution in [1.29, 1.82) is 0 Å². The maximum atomic E-state index is 12.2. The van der Waals surface area contributed by atoms with Crippen molar-refractivity contribution in [3.05, 3.63) is 30.1 Å². The van der Waals surface area contributed by atoms with Crippen molar-refractivity contribution in [2.24, 2.45) is 11.7 Å². The summed E-state index contributed by atoms with van der Waals surface area (Å²) in [5.41, 5.74) is 7.00. The third-order valence-corrected chi connectivity index (χ3v) is 3.41. The Bertz CT molecular complexity index is 389. The summed E-state index contributed by atoms with van der Waals surface area (Å²) in [5, 5.41) is 0. The van der Waals surface area contributed by atoms with Crippen LogP contribution in [0.15, 0.2) is 24.5 Å². The predicted octanol–water partition coefficient (Wildman–Crippen LogP) is 2.01. The van der Waals surface area contributed by atoms with Crippen LogP contribution in [-0.2, 0) is 11.3 Å². The van der Waals surface area contributed by atoms with Crippen molar-refractivity contribution in [1.82, 2.24) is 9.88 Å². The van der Waals surface area contributed by atoms with Crippen LogP contribution in [0.2, 0.25) is 0 Å². The van der Waals surface area contributed by atoms with Gasteiger partial charge in [0.25, 0.3) is 0 Å². The van der Waals surface area contributed by atoms with E-state index in [0.717, 1.165) is 24.8 Å². The van der Waals surface area contributed by atoms with Crippen LogP contribution in [0.5, 0.6) is 0 Å². The molecule has 0 aromatic carbocycles. The summed E-state index contributed by atoms with van der Waals surface area (Å²) in [4.78, 5) is 18.0. The average Bonchev–Trinajstić information content (AvgIpc) is 2.76. The highest BCUT2D eigenvalue weighted by molar-refractivity contribution is 5.85. The lowest BCUT2D eigenvalue weighted by molar-refractivity contribution is -0.134. The van der Waals surface area contributed by atoms with Gasteiger partial charge in [0.1, 0.15) is 0 Å². The standard InChI is InChI=1S/C13H19N3O.2ClH/c1-16(9-10-4-3-7-15-8-10)13(17)11-5-2-6-12(11)14;;/h3-4,7-8,11-12H,2,5-6,9,14H2,1H3;2*1H. The van der Waals surface area contributed by atoms with E-state index in [1.807, 2.05) is 19.2 Å². The molecule has 4 nitrogen and oxygen atoms in total. The van der Waals surface area contributed by atoms with Crippen molar-refractivity contribution in [2.75, 3.05) is 7.05 Å². The number of hydrogen-bond donors (Lipinski definition) is 1. The molecule has 0 bridgehead atoms. The van der Waals surface area contributed by atoms with Gasteiger partial charge in [-0.3, -0.25) is 9.78 Å². The zero-order valence-corrected chi connectivity index (χ0v) is 12.6. The fourth-order valence-electron chi connectivity index (χ4n) is 2.42. The summed E-state index contributed by atoms with van der Waals surface area (Å²) < 4.78 is 0. The van der Waals surface area contributed by atoms with Crippen LogP contribution in [0.1, 0.15) is 24.8 Å². The first kappa shape index (κ1) is 18.2. The molecule has 1 aromatic heterocycles. The van der Waals surface area contributed by atoms with Crippen molar-refractivity contribution in [2.45, 2.75) is 31.8 Å². The van der Waals surface area contributed by atoms with Gasteiger partial charge in [0.2, 0.25) is 5.91 Å². The van der Waals surface area contributed by atoms with Gasteiger partial charge in [-0.1, -0.05) is 12.5 Å². The van der Waals surface area contributed by atoms with Crippen molar-refractivity contribution >= 4 is 30.7 Å². The molecule has 1 aromatic rings. The molecule has 19 heavy (non-hydrogen) atoms. The predicted molar refractivity (Wildman–Crippen MR) is 80.5 cm³/mol. The molecule has 0 radical (unpaired) electrons. The van der Waals surface area contributed by atoms with E-state index in [-0.39, 0.29) is 42.7 Å². The molecule has 6 heteroatoms. The summed E-state index contributed by atoms with van der Waals surface area (Å²) >= 11 is 0. The second-order valence-electron chi connectivity index (χ2n) is 4.76. The monoisotopic (exact) mass is 305 g/mol. The average molecular weight is 306 g/mol. The SMILES string of the molecule is CN(Cc1cccnc1)C(=O)C1CCCC1N.Cl.Cl. The van der Waals surface area contributed by atoms with Gasteiger partial charge in [-0.05, 0) is 24.5 Å². The number of hydrogen-bond acceptors (Lipinski definition) is 3. The fourth-order valence-corrected chi connectivity index (χ4v) is 2.42. The third kappa shape index (κ3) is 4.64. The van der Waals surface area contributed by atoms with Crippen molar-refractivity contribution in [3.8, 4) is 0 Å². The molecule has 1 fully saturated rings. The summed E-state index contributed by atoms with van der Waals surface area (Å²) in [6.07, 6.45) is 6.49. The van der Waals surface area contributed by atoms with E-state index in [4.69, 9.17) is 5.73 Å². The second-order valence-corrected chi connectivity index (χ2v) is 4.76. The molecule has 0 spiro atoms. The van der Waals surface area contributed by atoms with Gasteiger partial charge >= 0.3 is 0 Å². The molecule has 1 amide bonds. The van der Waals surface area contributed by atoms with Crippen LogP contribution >= 0.6 is 24.8 Å². The first-order valence-electron chi connectivity index (χ1n) is 6.08. The number of carbonyl (C=O) groups is 1. The van der Waals surface area contributed by atoms with Gasteiger partial charge in [0, 0.05) is 32.0 Å². The maximum Gasteiger partial charge on any atom is 0.227 e. The summed E-state index contributed by atoms with van der Waals surface area (Å²) in [7, 11) is 1.83. The van der Waals surface area contributed by atoms with Crippen LogP contribution in [0.25, 0.3) is 0 Å². The molecular weight excluding hydrogens is 285 g/mol. The van der Waals surface area contributed by atoms with Gasteiger partial charge in [-0.2, -0.15) is 0 Å². The zero-order chi connectivity index (χ0) is 12.3.